The second-order valence-corrected chi connectivity index (χ2v) is 3.66. The Morgan fingerprint density at radius 3 is 2.53 bits per heavy atom. The van der Waals surface area contributed by atoms with E-state index in [1.165, 1.54) is 0 Å². The summed E-state index contributed by atoms with van der Waals surface area (Å²) in [5, 5.41) is 8.81. The van der Waals surface area contributed by atoms with Crippen LogP contribution in [0.2, 0.25) is 0 Å². The maximum atomic E-state index is 11.1. The van der Waals surface area contributed by atoms with Gasteiger partial charge in [0.05, 0.1) is 18.4 Å². The number of aldehydes is 1. The first-order valence-electron chi connectivity index (χ1n) is 5.52. The summed E-state index contributed by atoms with van der Waals surface area (Å²) in [5.41, 5.74) is 0.780. The number of carbonyl (C=O) groups excluding carboxylic acids is 1. The van der Waals surface area contributed by atoms with Crippen LogP contribution in [0, 0.1) is 0 Å². The molecular formula is C13H16O4. The van der Waals surface area contributed by atoms with Crippen molar-refractivity contribution >= 4 is 12.3 Å². The van der Waals surface area contributed by atoms with Gasteiger partial charge in [0.2, 0.25) is 0 Å². The van der Waals surface area contributed by atoms with Gasteiger partial charge in [0.1, 0.15) is 6.29 Å². The predicted molar refractivity (Wildman–Crippen MR) is 62.9 cm³/mol. The molecule has 0 amide bonds. The van der Waals surface area contributed by atoms with Crippen LogP contribution in [0.25, 0.3) is 0 Å². The van der Waals surface area contributed by atoms with E-state index in [-0.39, 0.29) is 6.42 Å². The molecule has 4 nitrogen and oxygen atoms in total. The maximum absolute atomic E-state index is 11.1. The van der Waals surface area contributed by atoms with E-state index in [0.717, 1.165) is 11.8 Å². The number of carbonyl (C=O) groups is 2. The lowest BCUT2D eigenvalue weighted by Crippen LogP contribution is -2.26. The van der Waals surface area contributed by atoms with Gasteiger partial charge in [-0.25, -0.2) is 0 Å². The molecule has 0 fully saturated rings. The van der Waals surface area contributed by atoms with Gasteiger partial charge in [-0.2, -0.15) is 0 Å². The topological polar surface area (TPSA) is 63.6 Å². The molecule has 0 saturated carbocycles. The van der Waals surface area contributed by atoms with Gasteiger partial charge in [0, 0.05) is 6.61 Å². The first kappa shape index (κ1) is 13.4. The quantitative estimate of drug-likeness (QED) is 0.734. The Labute approximate surface area is 100 Å². The molecule has 4 heteroatoms. The van der Waals surface area contributed by atoms with Crippen molar-refractivity contribution in [3.8, 4) is 0 Å². The van der Waals surface area contributed by atoms with E-state index in [0.29, 0.717) is 6.61 Å². The van der Waals surface area contributed by atoms with Gasteiger partial charge in [0.25, 0.3) is 0 Å². The van der Waals surface area contributed by atoms with Crippen molar-refractivity contribution in [2.45, 2.75) is 25.4 Å². The molecular weight excluding hydrogens is 220 g/mol. The molecule has 0 heterocycles. The van der Waals surface area contributed by atoms with E-state index < -0.39 is 18.0 Å². The van der Waals surface area contributed by atoms with Gasteiger partial charge in [0.15, 0.2) is 0 Å². The summed E-state index contributed by atoms with van der Waals surface area (Å²) in [4.78, 5) is 21.9. The molecule has 2 atom stereocenters. The molecule has 17 heavy (non-hydrogen) atoms. The minimum absolute atomic E-state index is 0.174. The van der Waals surface area contributed by atoms with Gasteiger partial charge >= 0.3 is 5.97 Å². The Kier molecular flexibility index (Phi) is 5.36. The lowest BCUT2D eigenvalue weighted by Gasteiger charge is -2.21. The number of carboxylic acid groups (broad SMARTS) is 1. The molecule has 1 aromatic carbocycles. The monoisotopic (exact) mass is 236 g/mol. The summed E-state index contributed by atoms with van der Waals surface area (Å²) in [6.45, 7) is 2.16. The Morgan fingerprint density at radius 1 is 1.41 bits per heavy atom. The second kappa shape index (κ2) is 6.81. The van der Waals surface area contributed by atoms with Crippen LogP contribution < -0.4 is 0 Å². The third-order valence-electron chi connectivity index (χ3n) is 2.49. The highest BCUT2D eigenvalue weighted by atomic mass is 16.5. The molecule has 1 rings (SSSR count). The van der Waals surface area contributed by atoms with Crippen LogP contribution in [0.1, 0.15) is 24.8 Å². The van der Waals surface area contributed by atoms with E-state index in [9.17, 15) is 9.59 Å². The fourth-order valence-corrected chi connectivity index (χ4v) is 1.73. The van der Waals surface area contributed by atoms with Crippen LogP contribution in [0.15, 0.2) is 30.3 Å². The highest BCUT2D eigenvalue weighted by molar-refractivity contribution is 5.70. The Bertz CT molecular complexity index is 361. The summed E-state index contributed by atoms with van der Waals surface area (Å²) in [5.74, 6) is -1.50. The number of hydrogen-bond donors (Lipinski definition) is 1. The van der Waals surface area contributed by atoms with Crippen molar-refractivity contribution in [1.29, 1.82) is 0 Å². The van der Waals surface area contributed by atoms with Crippen LogP contribution in [-0.2, 0) is 14.3 Å². The van der Waals surface area contributed by atoms with Crippen molar-refractivity contribution in [2.75, 3.05) is 6.61 Å². The highest BCUT2D eigenvalue weighted by Gasteiger charge is 2.25. The Morgan fingerprint density at radius 2 is 2.06 bits per heavy atom. The zero-order chi connectivity index (χ0) is 12.7. The van der Waals surface area contributed by atoms with Crippen molar-refractivity contribution in [2.24, 2.45) is 0 Å². The lowest BCUT2D eigenvalue weighted by atomic mass is 9.93. The molecule has 1 N–H and O–H groups in total. The normalized spacial score (nSPS) is 13.9. The second-order valence-electron chi connectivity index (χ2n) is 3.66. The van der Waals surface area contributed by atoms with Crippen LogP contribution >= 0.6 is 0 Å². The molecule has 1 aromatic rings. The van der Waals surface area contributed by atoms with E-state index in [4.69, 9.17) is 9.84 Å². The zero-order valence-electron chi connectivity index (χ0n) is 9.70. The van der Waals surface area contributed by atoms with Crippen molar-refractivity contribution in [1.82, 2.24) is 0 Å². The lowest BCUT2D eigenvalue weighted by molar-refractivity contribution is -0.140. The fraction of sp³-hybridized carbons (Fsp3) is 0.385. The molecule has 0 radical (unpaired) electrons. The highest BCUT2D eigenvalue weighted by Crippen LogP contribution is 2.22. The number of benzene rings is 1. The summed E-state index contributed by atoms with van der Waals surface area (Å²) in [6, 6.07) is 9.07. The third kappa shape index (κ3) is 4.00. The Hall–Kier alpha value is -1.68. The van der Waals surface area contributed by atoms with Gasteiger partial charge in [-0.15, -0.1) is 0 Å². The van der Waals surface area contributed by atoms with Crippen LogP contribution in [0.5, 0.6) is 0 Å². The molecule has 0 aliphatic rings. The van der Waals surface area contributed by atoms with E-state index in [1.54, 1.807) is 19.1 Å². The van der Waals surface area contributed by atoms with E-state index in [2.05, 4.69) is 0 Å². The molecule has 0 aliphatic carbocycles. The van der Waals surface area contributed by atoms with Gasteiger partial charge in [-0.1, -0.05) is 30.3 Å². The molecule has 2 unspecified atom stereocenters. The molecule has 0 saturated heterocycles. The number of ether oxygens (including phenoxy) is 1. The smallest absolute Gasteiger partial charge is 0.306 e. The van der Waals surface area contributed by atoms with Crippen molar-refractivity contribution in [3.63, 3.8) is 0 Å². The van der Waals surface area contributed by atoms with Crippen LogP contribution in [0.4, 0.5) is 0 Å². The van der Waals surface area contributed by atoms with E-state index >= 15 is 0 Å². The van der Waals surface area contributed by atoms with Crippen molar-refractivity contribution < 1.29 is 19.4 Å². The summed E-state index contributed by atoms with van der Waals surface area (Å²) >= 11 is 0. The SMILES string of the molecule is CCOC(CC(=O)O)C(C=O)c1ccccc1. The first-order chi connectivity index (χ1) is 8.19. The Balaban J connectivity index is 2.88. The average Bonchev–Trinajstić information content (AvgIpc) is 2.31. The summed E-state index contributed by atoms with van der Waals surface area (Å²) in [6.07, 6.45) is -0.0394. The van der Waals surface area contributed by atoms with E-state index in [1.807, 2.05) is 18.2 Å². The minimum Gasteiger partial charge on any atom is -0.481 e. The number of hydrogen-bond acceptors (Lipinski definition) is 3. The van der Waals surface area contributed by atoms with Crippen LogP contribution in [0.3, 0.4) is 0 Å². The van der Waals surface area contributed by atoms with Gasteiger partial charge in [-0.05, 0) is 12.5 Å². The number of carboxylic acids is 1. The fourth-order valence-electron chi connectivity index (χ4n) is 1.73. The van der Waals surface area contributed by atoms with Gasteiger partial charge < -0.3 is 14.6 Å². The summed E-state index contributed by atoms with van der Waals surface area (Å²) in [7, 11) is 0. The molecule has 0 aromatic heterocycles. The molecule has 0 aliphatic heterocycles. The molecule has 92 valence electrons. The maximum Gasteiger partial charge on any atom is 0.306 e. The minimum atomic E-state index is -0.966. The summed E-state index contributed by atoms with van der Waals surface area (Å²) < 4.78 is 5.35. The third-order valence-corrected chi connectivity index (χ3v) is 2.49. The number of rotatable bonds is 7. The first-order valence-corrected chi connectivity index (χ1v) is 5.52. The molecule has 0 bridgehead atoms. The molecule has 0 spiro atoms. The average molecular weight is 236 g/mol. The zero-order valence-corrected chi connectivity index (χ0v) is 9.70. The largest absolute Gasteiger partial charge is 0.481 e. The number of aliphatic carboxylic acids is 1. The van der Waals surface area contributed by atoms with Crippen LogP contribution in [-0.4, -0.2) is 30.1 Å². The van der Waals surface area contributed by atoms with Gasteiger partial charge in [-0.3, -0.25) is 4.79 Å². The van der Waals surface area contributed by atoms with Crippen molar-refractivity contribution in [3.05, 3.63) is 35.9 Å². The standard InChI is InChI=1S/C13H16O4/c1-2-17-12(8-13(15)16)11(9-14)10-6-4-3-5-7-10/h3-7,9,11-12H,2,8H2,1H3,(H,15,16). The predicted octanol–water partition coefficient (Wildman–Crippen LogP) is 1.85.